The van der Waals surface area contributed by atoms with Crippen molar-refractivity contribution >= 4 is 51.8 Å². The maximum Gasteiger partial charge on any atom is 0.266 e. The molecule has 0 aliphatic carbocycles. The summed E-state index contributed by atoms with van der Waals surface area (Å²) in [6.45, 7) is 2.02. The van der Waals surface area contributed by atoms with Crippen LogP contribution in [0.3, 0.4) is 0 Å². The molecule has 7 heteroatoms. The van der Waals surface area contributed by atoms with E-state index in [4.69, 9.17) is 11.6 Å². The number of nitrogens with one attached hydrogen (secondary N) is 2. The SMILES string of the molecule is Cc1ccc(NC(=O)/C(C#N)=C/c2cn(CC(=O)Nc3ccc(Cl)cc3)c3ccccc23)cc1. The zero-order valence-corrected chi connectivity index (χ0v) is 19.1. The van der Waals surface area contributed by atoms with Gasteiger partial charge in [0, 0.05) is 39.1 Å². The van der Waals surface area contributed by atoms with Gasteiger partial charge in [-0.15, -0.1) is 0 Å². The summed E-state index contributed by atoms with van der Waals surface area (Å²) < 4.78 is 1.79. The second-order valence-corrected chi connectivity index (χ2v) is 8.21. The van der Waals surface area contributed by atoms with E-state index >= 15 is 0 Å². The first-order valence-electron chi connectivity index (χ1n) is 10.6. The number of nitrogens with zero attached hydrogens (tertiary/aromatic N) is 2. The van der Waals surface area contributed by atoms with Crippen LogP contribution in [0.1, 0.15) is 11.1 Å². The van der Waals surface area contributed by atoms with Crippen LogP contribution in [0.15, 0.2) is 84.6 Å². The number of aryl methyl sites for hydroxylation is 1. The van der Waals surface area contributed by atoms with Crippen LogP contribution in [0.2, 0.25) is 5.02 Å². The van der Waals surface area contributed by atoms with Gasteiger partial charge in [-0.05, 0) is 55.5 Å². The summed E-state index contributed by atoms with van der Waals surface area (Å²) >= 11 is 5.90. The second-order valence-electron chi connectivity index (χ2n) is 7.77. The molecular weight excluding hydrogens is 448 g/mol. The molecule has 6 nitrogen and oxygen atoms in total. The first kappa shape index (κ1) is 22.8. The van der Waals surface area contributed by atoms with Crippen LogP contribution in [-0.2, 0) is 16.1 Å². The monoisotopic (exact) mass is 468 g/mol. The number of anilines is 2. The third-order valence-corrected chi connectivity index (χ3v) is 5.49. The number of amides is 2. The van der Waals surface area contributed by atoms with Crippen molar-refractivity contribution in [3.8, 4) is 6.07 Å². The third-order valence-electron chi connectivity index (χ3n) is 5.24. The van der Waals surface area contributed by atoms with Crippen LogP contribution in [-0.4, -0.2) is 16.4 Å². The van der Waals surface area contributed by atoms with Gasteiger partial charge in [-0.1, -0.05) is 47.5 Å². The highest BCUT2D eigenvalue weighted by molar-refractivity contribution is 6.30. The minimum atomic E-state index is -0.497. The number of fused-ring (bicyclic) bond motifs is 1. The molecule has 0 saturated carbocycles. The first-order chi connectivity index (χ1) is 16.4. The van der Waals surface area contributed by atoms with Gasteiger partial charge in [0.25, 0.3) is 5.91 Å². The van der Waals surface area contributed by atoms with E-state index in [9.17, 15) is 14.9 Å². The van der Waals surface area contributed by atoms with Crippen molar-refractivity contribution in [2.45, 2.75) is 13.5 Å². The van der Waals surface area contributed by atoms with E-state index in [0.29, 0.717) is 22.0 Å². The molecule has 2 N–H and O–H groups in total. The lowest BCUT2D eigenvalue weighted by molar-refractivity contribution is -0.116. The summed E-state index contributed by atoms with van der Waals surface area (Å²) in [6, 6.07) is 23.7. The Hall–Kier alpha value is -4.34. The van der Waals surface area contributed by atoms with Crippen LogP contribution >= 0.6 is 11.6 Å². The molecule has 168 valence electrons. The second kappa shape index (κ2) is 10.1. The number of benzene rings is 3. The van der Waals surface area contributed by atoms with Crippen LogP contribution in [0, 0.1) is 18.3 Å². The summed E-state index contributed by atoms with van der Waals surface area (Å²) in [5.41, 5.74) is 3.78. The van der Waals surface area contributed by atoms with E-state index in [1.54, 1.807) is 53.2 Å². The van der Waals surface area contributed by atoms with Crippen molar-refractivity contribution < 1.29 is 9.59 Å². The summed E-state index contributed by atoms with van der Waals surface area (Å²) in [5.74, 6) is -0.708. The Morgan fingerprint density at radius 1 is 0.971 bits per heavy atom. The summed E-state index contributed by atoms with van der Waals surface area (Å²) in [7, 11) is 0. The lowest BCUT2D eigenvalue weighted by Crippen LogP contribution is -2.18. The third kappa shape index (κ3) is 5.34. The quantitative estimate of drug-likeness (QED) is 0.277. The number of rotatable bonds is 6. The van der Waals surface area contributed by atoms with E-state index in [2.05, 4.69) is 10.6 Å². The van der Waals surface area contributed by atoms with Gasteiger partial charge in [0.15, 0.2) is 0 Å². The van der Waals surface area contributed by atoms with Crippen molar-refractivity contribution in [2.24, 2.45) is 0 Å². The van der Waals surface area contributed by atoms with Gasteiger partial charge in [0.1, 0.15) is 18.2 Å². The number of aromatic nitrogens is 1. The van der Waals surface area contributed by atoms with Crippen molar-refractivity contribution in [3.63, 3.8) is 0 Å². The molecule has 0 aliphatic rings. The predicted molar refractivity (Wildman–Crippen MR) is 135 cm³/mol. The maximum atomic E-state index is 12.7. The molecular formula is C27H21ClN4O2. The van der Waals surface area contributed by atoms with Crippen molar-refractivity contribution in [2.75, 3.05) is 10.6 Å². The highest BCUT2D eigenvalue weighted by Crippen LogP contribution is 2.24. The molecule has 0 atom stereocenters. The van der Waals surface area contributed by atoms with Gasteiger partial charge in [-0.3, -0.25) is 9.59 Å². The van der Waals surface area contributed by atoms with E-state index < -0.39 is 5.91 Å². The topological polar surface area (TPSA) is 86.9 Å². The molecule has 0 saturated heterocycles. The van der Waals surface area contributed by atoms with Gasteiger partial charge in [0.2, 0.25) is 5.91 Å². The lowest BCUT2D eigenvalue weighted by atomic mass is 10.1. The number of carbonyl (C=O) groups is 2. The number of hydrogen-bond acceptors (Lipinski definition) is 3. The number of carbonyl (C=O) groups excluding carboxylic acids is 2. The Balaban J connectivity index is 1.58. The summed E-state index contributed by atoms with van der Waals surface area (Å²) in [4.78, 5) is 25.3. The number of nitriles is 1. The largest absolute Gasteiger partial charge is 0.337 e. The standard InChI is InChI=1S/C27H21ClN4O2/c1-18-6-10-23(11-7-18)31-27(34)19(15-29)14-20-16-32(25-5-3-2-4-24(20)25)17-26(33)30-22-12-8-21(28)9-13-22/h2-14,16H,17H2,1H3,(H,30,33)(H,31,34)/b19-14+. The van der Waals surface area contributed by atoms with Gasteiger partial charge < -0.3 is 15.2 Å². The average Bonchev–Trinajstić information content (AvgIpc) is 3.17. The fourth-order valence-corrected chi connectivity index (χ4v) is 3.67. The predicted octanol–water partition coefficient (Wildman–Crippen LogP) is 5.79. The van der Waals surface area contributed by atoms with Crippen LogP contribution in [0.5, 0.6) is 0 Å². The van der Waals surface area contributed by atoms with Gasteiger partial charge in [0.05, 0.1) is 0 Å². The number of hydrogen-bond donors (Lipinski definition) is 2. The smallest absolute Gasteiger partial charge is 0.266 e. The number of para-hydroxylation sites is 1. The van der Waals surface area contributed by atoms with Crippen LogP contribution < -0.4 is 10.6 Å². The van der Waals surface area contributed by atoms with Crippen molar-refractivity contribution in [1.82, 2.24) is 4.57 Å². The molecule has 0 radical (unpaired) electrons. The molecule has 1 aromatic heterocycles. The highest BCUT2D eigenvalue weighted by atomic mass is 35.5. The maximum absolute atomic E-state index is 12.7. The minimum Gasteiger partial charge on any atom is -0.337 e. The zero-order chi connectivity index (χ0) is 24.1. The molecule has 4 rings (SSSR count). The molecule has 0 aliphatic heterocycles. The highest BCUT2D eigenvalue weighted by Gasteiger charge is 2.14. The molecule has 0 unspecified atom stereocenters. The van der Waals surface area contributed by atoms with E-state index in [0.717, 1.165) is 16.5 Å². The van der Waals surface area contributed by atoms with E-state index in [1.165, 1.54) is 0 Å². The molecule has 0 bridgehead atoms. The number of halogens is 1. The molecule has 2 amide bonds. The fraction of sp³-hybridized carbons (Fsp3) is 0.0741. The first-order valence-corrected chi connectivity index (χ1v) is 10.9. The lowest BCUT2D eigenvalue weighted by Gasteiger charge is -2.07. The Bertz CT molecular complexity index is 1430. The zero-order valence-electron chi connectivity index (χ0n) is 18.4. The Labute approximate surface area is 202 Å². The molecule has 1 heterocycles. The molecule has 3 aromatic carbocycles. The molecule has 34 heavy (non-hydrogen) atoms. The molecule has 0 fully saturated rings. The van der Waals surface area contributed by atoms with Gasteiger partial charge in [-0.25, -0.2) is 0 Å². The molecule has 4 aromatic rings. The Morgan fingerprint density at radius 2 is 1.62 bits per heavy atom. The minimum absolute atomic E-state index is 0.0332. The normalized spacial score (nSPS) is 11.1. The van der Waals surface area contributed by atoms with Crippen LogP contribution in [0.4, 0.5) is 11.4 Å². The summed E-state index contributed by atoms with van der Waals surface area (Å²) in [6.07, 6.45) is 3.31. The van der Waals surface area contributed by atoms with Gasteiger partial charge in [-0.2, -0.15) is 5.26 Å². The average molecular weight is 469 g/mol. The van der Waals surface area contributed by atoms with E-state index in [-0.39, 0.29) is 18.0 Å². The van der Waals surface area contributed by atoms with Crippen molar-refractivity contribution in [3.05, 3.63) is 101 Å². The summed E-state index contributed by atoms with van der Waals surface area (Å²) in [5, 5.41) is 16.6. The molecule has 0 spiro atoms. The van der Waals surface area contributed by atoms with Crippen molar-refractivity contribution in [1.29, 1.82) is 5.26 Å². The van der Waals surface area contributed by atoms with Gasteiger partial charge >= 0.3 is 0 Å². The Morgan fingerprint density at radius 3 is 2.32 bits per heavy atom. The Kier molecular flexibility index (Phi) is 6.77. The van der Waals surface area contributed by atoms with E-state index in [1.807, 2.05) is 49.4 Å². The van der Waals surface area contributed by atoms with Crippen LogP contribution in [0.25, 0.3) is 17.0 Å². The fourth-order valence-electron chi connectivity index (χ4n) is 3.55.